The number of nitrogens with one attached hydrogen (secondary N) is 1. The quantitative estimate of drug-likeness (QED) is 0.838. The smallest absolute Gasteiger partial charge is 0.343 e. The number of hydrogen-bond acceptors (Lipinski definition) is 4. The van der Waals surface area contributed by atoms with Crippen molar-refractivity contribution in [3.8, 4) is 11.3 Å². The van der Waals surface area contributed by atoms with Crippen LogP contribution in [0.4, 0.5) is 13.6 Å². The molecule has 7 nitrogen and oxygen atoms in total. The minimum Gasteiger partial charge on any atom is -0.376 e. The predicted octanol–water partition coefficient (Wildman–Crippen LogP) is 2.36. The zero-order valence-electron chi connectivity index (χ0n) is 15.9. The van der Waals surface area contributed by atoms with Crippen molar-refractivity contribution >= 4 is 11.9 Å². The number of nitrogens with two attached hydrogens (primary N) is 1. The number of hydrogen-bond donors (Lipinski definition) is 2. The molecule has 0 saturated heterocycles. The molecule has 0 bridgehead atoms. The predicted molar refractivity (Wildman–Crippen MR) is 97.3 cm³/mol. The maximum atomic E-state index is 13.7. The summed E-state index contributed by atoms with van der Waals surface area (Å²) in [5.74, 6) is -2.64. The molecule has 9 heteroatoms. The van der Waals surface area contributed by atoms with Crippen LogP contribution in [0.2, 0.25) is 0 Å². The number of ether oxygens (including phenoxy) is 1. The van der Waals surface area contributed by atoms with Crippen LogP contribution < -0.4 is 11.1 Å². The lowest BCUT2D eigenvalue weighted by atomic mass is 9.86. The van der Waals surface area contributed by atoms with Crippen LogP contribution in [0.1, 0.15) is 32.0 Å². The van der Waals surface area contributed by atoms with Crippen LogP contribution in [-0.2, 0) is 22.6 Å². The number of rotatable bonds is 3. The summed E-state index contributed by atoms with van der Waals surface area (Å²) in [6, 6.07) is 1.88. The Balaban J connectivity index is 2.02. The maximum Gasteiger partial charge on any atom is 0.343 e. The van der Waals surface area contributed by atoms with Crippen LogP contribution in [0.5, 0.6) is 0 Å². The number of halogens is 2. The minimum atomic E-state index is -1.01. The van der Waals surface area contributed by atoms with Gasteiger partial charge in [0, 0.05) is 17.5 Å². The lowest BCUT2D eigenvalue weighted by Crippen LogP contribution is -2.53. The molecule has 150 valence electrons. The fourth-order valence-electron chi connectivity index (χ4n) is 3.18. The van der Waals surface area contributed by atoms with Gasteiger partial charge >= 0.3 is 6.03 Å². The third kappa shape index (κ3) is 3.75. The lowest BCUT2D eigenvalue weighted by molar-refractivity contribution is -0.122. The van der Waals surface area contributed by atoms with Crippen molar-refractivity contribution in [1.29, 1.82) is 0 Å². The SMILES string of the molecule is CC(C)(C)[C@H](NC(=O)n1nc(-c2ccc(F)c(F)c2)c2c1CCOC2)C(N)=O. The van der Waals surface area contributed by atoms with Crippen molar-refractivity contribution in [1.82, 2.24) is 15.1 Å². The summed E-state index contributed by atoms with van der Waals surface area (Å²) in [5, 5.41) is 6.93. The number of carbonyl (C=O) groups excluding carboxylic acids is 2. The van der Waals surface area contributed by atoms with Gasteiger partial charge in [-0.25, -0.2) is 13.6 Å². The molecule has 0 aliphatic carbocycles. The first-order valence-electron chi connectivity index (χ1n) is 8.83. The normalized spacial score (nSPS) is 15.0. The van der Waals surface area contributed by atoms with Crippen molar-refractivity contribution in [2.45, 2.75) is 39.8 Å². The molecule has 1 aliphatic heterocycles. The van der Waals surface area contributed by atoms with Gasteiger partial charge in [0.1, 0.15) is 6.04 Å². The number of primary amides is 1. The Labute approximate surface area is 160 Å². The average Bonchev–Trinajstić information content (AvgIpc) is 3.00. The number of carbonyl (C=O) groups is 2. The highest BCUT2D eigenvalue weighted by Gasteiger charge is 2.33. The van der Waals surface area contributed by atoms with Gasteiger partial charge < -0.3 is 15.8 Å². The third-order valence-corrected chi connectivity index (χ3v) is 4.62. The van der Waals surface area contributed by atoms with Gasteiger partial charge in [-0.15, -0.1) is 0 Å². The topological polar surface area (TPSA) is 99.2 Å². The van der Waals surface area contributed by atoms with E-state index in [-0.39, 0.29) is 6.61 Å². The first-order valence-corrected chi connectivity index (χ1v) is 8.83. The van der Waals surface area contributed by atoms with E-state index < -0.39 is 35.0 Å². The van der Waals surface area contributed by atoms with Crippen molar-refractivity contribution in [3.05, 3.63) is 41.1 Å². The van der Waals surface area contributed by atoms with Crippen molar-refractivity contribution in [2.24, 2.45) is 11.1 Å². The second kappa shape index (κ2) is 7.31. The Morgan fingerprint density at radius 2 is 2.00 bits per heavy atom. The Morgan fingerprint density at radius 1 is 1.29 bits per heavy atom. The Hall–Kier alpha value is -2.81. The Kier molecular flexibility index (Phi) is 5.20. The minimum absolute atomic E-state index is 0.190. The summed E-state index contributed by atoms with van der Waals surface area (Å²) in [6.45, 7) is 5.92. The highest BCUT2D eigenvalue weighted by Crippen LogP contribution is 2.30. The van der Waals surface area contributed by atoms with Crippen LogP contribution in [-0.4, -0.2) is 34.4 Å². The van der Waals surface area contributed by atoms with Crippen molar-refractivity contribution < 1.29 is 23.1 Å². The van der Waals surface area contributed by atoms with Crippen LogP contribution in [0.25, 0.3) is 11.3 Å². The van der Waals surface area contributed by atoms with E-state index in [0.717, 1.165) is 16.8 Å². The molecule has 3 N–H and O–H groups in total. The van der Waals surface area contributed by atoms with Crippen LogP contribution >= 0.6 is 0 Å². The molecule has 2 amide bonds. The van der Waals surface area contributed by atoms with E-state index in [4.69, 9.17) is 10.5 Å². The molecule has 0 radical (unpaired) electrons. The highest BCUT2D eigenvalue weighted by molar-refractivity contribution is 5.88. The summed E-state index contributed by atoms with van der Waals surface area (Å²) >= 11 is 0. The van der Waals surface area contributed by atoms with Gasteiger partial charge in [-0.3, -0.25) is 4.79 Å². The fourth-order valence-corrected chi connectivity index (χ4v) is 3.18. The molecular weight excluding hydrogens is 370 g/mol. The maximum absolute atomic E-state index is 13.7. The number of benzene rings is 1. The van der Waals surface area contributed by atoms with Crippen molar-refractivity contribution in [2.75, 3.05) is 6.61 Å². The van der Waals surface area contributed by atoms with Gasteiger partial charge in [-0.05, 0) is 23.6 Å². The van der Waals surface area contributed by atoms with Gasteiger partial charge in [0.05, 0.1) is 24.6 Å². The number of fused-ring (bicyclic) bond motifs is 1. The van der Waals surface area contributed by atoms with Gasteiger partial charge in [-0.2, -0.15) is 9.78 Å². The number of nitrogens with zero attached hydrogens (tertiary/aromatic N) is 2. The molecule has 1 aromatic heterocycles. The standard InChI is InChI=1S/C19H22F2N4O3/c1-19(2,3)16(17(22)26)23-18(27)25-14-6-7-28-9-11(14)15(24-25)10-4-5-12(20)13(21)8-10/h4-5,8,16H,6-7,9H2,1-3H3,(H2,22,26)(H,23,27)/t16-/m1/s1. The van der Waals surface area contributed by atoms with E-state index in [0.29, 0.717) is 35.5 Å². The van der Waals surface area contributed by atoms with E-state index in [1.807, 2.05) is 0 Å². The van der Waals surface area contributed by atoms with Gasteiger partial charge in [0.2, 0.25) is 5.91 Å². The van der Waals surface area contributed by atoms with E-state index in [1.165, 1.54) is 6.07 Å². The number of amides is 2. The van der Waals surface area contributed by atoms with E-state index >= 15 is 0 Å². The molecule has 0 fully saturated rings. The summed E-state index contributed by atoms with van der Waals surface area (Å²) in [4.78, 5) is 24.6. The summed E-state index contributed by atoms with van der Waals surface area (Å²) in [7, 11) is 0. The van der Waals surface area contributed by atoms with E-state index in [2.05, 4.69) is 10.4 Å². The average molecular weight is 392 g/mol. The monoisotopic (exact) mass is 392 g/mol. The van der Waals surface area contributed by atoms with Crippen molar-refractivity contribution in [3.63, 3.8) is 0 Å². The number of aromatic nitrogens is 2. The lowest BCUT2D eigenvalue weighted by Gasteiger charge is -2.28. The molecule has 2 aromatic rings. The first-order chi connectivity index (χ1) is 13.1. The zero-order valence-corrected chi connectivity index (χ0v) is 15.9. The molecule has 0 unspecified atom stereocenters. The van der Waals surface area contributed by atoms with Gasteiger partial charge in [-0.1, -0.05) is 20.8 Å². The highest BCUT2D eigenvalue weighted by atomic mass is 19.2. The zero-order chi connectivity index (χ0) is 20.6. The van der Waals surface area contributed by atoms with E-state index in [1.54, 1.807) is 20.8 Å². The summed E-state index contributed by atoms with van der Waals surface area (Å²) < 4.78 is 33.6. The molecule has 1 aliphatic rings. The Bertz CT molecular complexity index is 934. The van der Waals surface area contributed by atoms with Crippen LogP contribution in [0.15, 0.2) is 18.2 Å². The molecule has 0 saturated carbocycles. The van der Waals surface area contributed by atoms with Crippen LogP contribution in [0.3, 0.4) is 0 Å². The fraction of sp³-hybridized carbons (Fsp3) is 0.421. The molecule has 3 rings (SSSR count). The first kappa shape index (κ1) is 19.9. The molecule has 2 heterocycles. The van der Waals surface area contributed by atoms with Gasteiger partial charge in [0.15, 0.2) is 11.6 Å². The summed E-state index contributed by atoms with van der Waals surface area (Å²) in [5.41, 5.74) is 6.72. The molecule has 1 atom stereocenters. The van der Waals surface area contributed by atoms with E-state index in [9.17, 15) is 18.4 Å². The third-order valence-electron chi connectivity index (χ3n) is 4.62. The molecule has 1 aromatic carbocycles. The van der Waals surface area contributed by atoms with Crippen LogP contribution in [0, 0.1) is 17.0 Å². The largest absolute Gasteiger partial charge is 0.376 e. The molecular formula is C19H22F2N4O3. The Morgan fingerprint density at radius 3 is 2.61 bits per heavy atom. The molecule has 28 heavy (non-hydrogen) atoms. The summed E-state index contributed by atoms with van der Waals surface area (Å²) in [6.07, 6.45) is 0.413. The molecule has 0 spiro atoms. The second-order valence-electron chi connectivity index (χ2n) is 7.77. The second-order valence-corrected chi connectivity index (χ2v) is 7.77. The van der Waals surface area contributed by atoms with Gasteiger partial charge in [0.25, 0.3) is 0 Å².